The number of aromatic nitrogens is 4. The maximum atomic E-state index is 10.9. The predicted octanol–water partition coefficient (Wildman–Crippen LogP) is 4.30. The molecule has 0 bridgehead atoms. The first kappa shape index (κ1) is 20.6. The third-order valence-corrected chi connectivity index (χ3v) is 5.08. The number of imidazole rings is 1. The largest absolute Gasteiger partial charge is 0.466 e. The quantitative estimate of drug-likeness (QED) is 0.333. The van der Waals surface area contributed by atoms with Crippen molar-refractivity contribution in [1.82, 2.24) is 19.5 Å². The highest BCUT2D eigenvalue weighted by molar-refractivity contribution is 6.42. The van der Waals surface area contributed by atoms with Gasteiger partial charge in [0.25, 0.3) is 0 Å². The second-order valence-corrected chi connectivity index (χ2v) is 7.37. The van der Waals surface area contributed by atoms with Crippen LogP contribution in [-0.4, -0.2) is 32.1 Å². The Kier molecular flexibility index (Phi) is 6.59. The van der Waals surface area contributed by atoms with E-state index in [1.165, 1.54) is 6.92 Å². The lowest BCUT2D eigenvalue weighted by atomic mass is 10.1. The number of rotatable bonds is 7. The molecule has 0 spiro atoms. The number of ether oxygens (including phenoxy) is 1. The molecule has 0 saturated heterocycles. The van der Waals surface area contributed by atoms with Crippen LogP contribution in [0.4, 0.5) is 5.95 Å². The Morgan fingerprint density at radius 1 is 1.14 bits per heavy atom. The van der Waals surface area contributed by atoms with Crippen LogP contribution >= 0.6 is 34.8 Å². The average molecular weight is 443 g/mol. The highest BCUT2D eigenvalue weighted by Gasteiger charge is 2.17. The number of anilines is 1. The summed E-state index contributed by atoms with van der Waals surface area (Å²) in [6.45, 7) is 2.36. The molecule has 3 aromatic rings. The Hall–Kier alpha value is -2.09. The number of esters is 1. The molecule has 2 N–H and O–H groups in total. The van der Waals surface area contributed by atoms with Crippen molar-refractivity contribution < 1.29 is 9.53 Å². The molecule has 0 aliphatic heterocycles. The third kappa shape index (κ3) is 4.84. The van der Waals surface area contributed by atoms with Crippen LogP contribution in [0, 0.1) is 0 Å². The normalized spacial score (nSPS) is 11.1. The highest BCUT2D eigenvalue weighted by Crippen LogP contribution is 2.26. The van der Waals surface area contributed by atoms with E-state index in [0.717, 1.165) is 17.8 Å². The van der Waals surface area contributed by atoms with Crippen molar-refractivity contribution in [3.63, 3.8) is 0 Å². The van der Waals surface area contributed by atoms with Gasteiger partial charge < -0.3 is 15.0 Å². The van der Waals surface area contributed by atoms with Gasteiger partial charge in [-0.25, -0.2) is 4.98 Å². The predicted molar refractivity (Wildman–Crippen MR) is 110 cm³/mol. The molecular weight excluding hydrogens is 425 g/mol. The van der Waals surface area contributed by atoms with E-state index in [1.54, 1.807) is 12.1 Å². The smallest absolute Gasteiger partial charge is 0.302 e. The van der Waals surface area contributed by atoms with E-state index in [-0.39, 0.29) is 17.1 Å². The highest BCUT2D eigenvalue weighted by atomic mass is 35.5. The first-order valence-electron chi connectivity index (χ1n) is 8.60. The van der Waals surface area contributed by atoms with Crippen molar-refractivity contribution in [2.75, 3.05) is 12.3 Å². The van der Waals surface area contributed by atoms with E-state index in [2.05, 4.69) is 15.0 Å². The number of hydrogen-bond donors (Lipinski definition) is 1. The van der Waals surface area contributed by atoms with Gasteiger partial charge in [0.05, 0.1) is 16.7 Å². The zero-order chi connectivity index (χ0) is 20.3. The number of carbonyl (C=O) groups excluding carboxylic acids is 1. The lowest BCUT2D eigenvalue weighted by Crippen LogP contribution is -2.08. The number of benzene rings is 1. The van der Waals surface area contributed by atoms with Crippen molar-refractivity contribution in [3.8, 4) is 0 Å². The number of nitrogens with zero attached hydrogens (tertiary/aromatic N) is 4. The van der Waals surface area contributed by atoms with Crippen LogP contribution in [-0.2, 0) is 22.5 Å². The van der Waals surface area contributed by atoms with Gasteiger partial charge in [-0.3, -0.25) is 4.79 Å². The molecule has 3 rings (SSSR count). The fourth-order valence-corrected chi connectivity index (χ4v) is 3.35. The second-order valence-electron chi connectivity index (χ2n) is 6.20. The van der Waals surface area contributed by atoms with Gasteiger partial charge in [0.2, 0.25) is 5.95 Å². The van der Waals surface area contributed by atoms with Crippen LogP contribution in [0.3, 0.4) is 0 Å². The van der Waals surface area contributed by atoms with Gasteiger partial charge in [-0.1, -0.05) is 40.9 Å². The van der Waals surface area contributed by atoms with Gasteiger partial charge in [0.1, 0.15) is 11.3 Å². The van der Waals surface area contributed by atoms with Gasteiger partial charge >= 0.3 is 5.97 Å². The Morgan fingerprint density at radius 3 is 2.64 bits per heavy atom. The van der Waals surface area contributed by atoms with E-state index in [9.17, 15) is 4.79 Å². The van der Waals surface area contributed by atoms with Crippen molar-refractivity contribution >= 4 is 57.9 Å². The standard InChI is InChI=1S/C18H18Cl3N5O2/c1-10(27)28-7-3-2-6-26-14(9-11-4-5-12(19)13(20)8-11)23-15-16(21)24-18(22)25-17(15)26/h4-5,8H,2-3,6-7,9H2,1H3,(H2,22,24,25). The Bertz CT molecular complexity index is 1020. The molecule has 1 aromatic carbocycles. The molecular formula is C18H18Cl3N5O2. The molecule has 148 valence electrons. The zero-order valence-electron chi connectivity index (χ0n) is 15.1. The first-order chi connectivity index (χ1) is 13.3. The van der Waals surface area contributed by atoms with Crippen LogP contribution in [0.2, 0.25) is 15.2 Å². The molecule has 0 fully saturated rings. The molecule has 0 radical (unpaired) electrons. The van der Waals surface area contributed by atoms with Crippen molar-refractivity contribution in [2.45, 2.75) is 32.7 Å². The van der Waals surface area contributed by atoms with Crippen LogP contribution in [0.15, 0.2) is 18.2 Å². The molecule has 10 heteroatoms. The molecule has 28 heavy (non-hydrogen) atoms. The number of hydrogen-bond acceptors (Lipinski definition) is 6. The molecule has 0 atom stereocenters. The molecule has 0 unspecified atom stereocenters. The van der Waals surface area contributed by atoms with Crippen molar-refractivity contribution in [2.24, 2.45) is 0 Å². The summed E-state index contributed by atoms with van der Waals surface area (Å²) in [6.07, 6.45) is 1.97. The molecule has 2 heterocycles. The summed E-state index contributed by atoms with van der Waals surface area (Å²) in [5.74, 6) is 0.544. The molecule has 7 nitrogen and oxygen atoms in total. The van der Waals surface area contributed by atoms with Gasteiger partial charge in [0, 0.05) is 19.9 Å². The second kappa shape index (κ2) is 8.94. The van der Waals surface area contributed by atoms with E-state index in [0.29, 0.717) is 47.2 Å². The topological polar surface area (TPSA) is 95.9 Å². The van der Waals surface area contributed by atoms with E-state index in [4.69, 9.17) is 45.3 Å². The number of carbonyl (C=O) groups is 1. The molecule has 0 aliphatic carbocycles. The minimum Gasteiger partial charge on any atom is -0.466 e. The lowest BCUT2D eigenvalue weighted by Gasteiger charge is -2.10. The number of halogens is 3. The lowest BCUT2D eigenvalue weighted by molar-refractivity contribution is -0.141. The molecule has 0 saturated carbocycles. The summed E-state index contributed by atoms with van der Waals surface area (Å²) >= 11 is 18.3. The SMILES string of the molecule is CC(=O)OCCCCn1c(Cc2ccc(Cl)c(Cl)c2)nc2c(Cl)nc(N)nc21. The maximum absolute atomic E-state index is 10.9. The van der Waals surface area contributed by atoms with E-state index in [1.807, 2.05) is 10.6 Å². The Labute approximate surface area is 176 Å². The minimum absolute atomic E-state index is 0.0830. The van der Waals surface area contributed by atoms with Crippen molar-refractivity contribution in [3.05, 3.63) is 44.8 Å². The summed E-state index contributed by atoms with van der Waals surface area (Å²) in [5, 5.41) is 1.17. The summed E-state index contributed by atoms with van der Waals surface area (Å²) in [6, 6.07) is 5.44. The zero-order valence-corrected chi connectivity index (χ0v) is 17.4. The molecule has 2 aromatic heterocycles. The van der Waals surface area contributed by atoms with Gasteiger partial charge in [-0.15, -0.1) is 0 Å². The van der Waals surface area contributed by atoms with Crippen molar-refractivity contribution in [1.29, 1.82) is 0 Å². The van der Waals surface area contributed by atoms with Gasteiger partial charge in [-0.2, -0.15) is 9.97 Å². The summed E-state index contributed by atoms with van der Waals surface area (Å²) in [5.41, 5.74) is 7.77. The van der Waals surface area contributed by atoms with Crippen LogP contribution < -0.4 is 5.73 Å². The molecule has 0 amide bonds. The Balaban J connectivity index is 1.89. The third-order valence-electron chi connectivity index (χ3n) is 4.08. The number of unbranched alkanes of at least 4 members (excludes halogenated alkanes) is 1. The number of aryl methyl sites for hydroxylation is 1. The minimum atomic E-state index is -0.291. The molecule has 0 aliphatic rings. The first-order valence-corrected chi connectivity index (χ1v) is 9.74. The van der Waals surface area contributed by atoms with Crippen LogP contribution in [0.1, 0.15) is 31.2 Å². The van der Waals surface area contributed by atoms with Crippen LogP contribution in [0.25, 0.3) is 11.2 Å². The monoisotopic (exact) mass is 441 g/mol. The summed E-state index contributed by atoms with van der Waals surface area (Å²) < 4.78 is 6.93. The fraction of sp³-hybridized carbons (Fsp3) is 0.333. The Morgan fingerprint density at radius 2 is 1.93 bits per heavy atom. The van der Waals surface area contributed by atoms with E-state index < -0.39 is 0 Å². The van der Waals surface area contributed by atoms with Crippen LogP contribution in [0.5, 0.6) is 0 Å². The van der Waals surface area contributed by atoms with E-state index >= 15 is 0 Å². The summed E-state index contributed by atoms with van der Waals surface area (Å²) in [7, 11) is 0. The number of nitrogens with two attached hydrogens (primary N) is 1. The number of nitrogen functional groups attached to an aromatic ring is 1. The average Bonchev–Trinajstić information content (AvgIpc) is 2.95. The maximum Gasteiger partial charge on any atom is 0.302 e. The fourth-order valence-electron chi connectivity index (χ4n) is 2.82. The van der Waals surface area contributed by atoms with Gasteiger partial charge in [-0.05, 0) is 30.5 Å². The van der Waals surface area contributed by atoms with Gasteiger partial charge in [0.15, 0.2) is 10.8 Å². The number of fused-ring (bicyclic) bond motifs is 1. The summed E-state index contributed by atoms with van der Waals surface area (Å²) in [4.78, 5) is 23.8.